The van der Waals surface area contributed by atoms with E-state index in [1.165, 1.54) is 0 Å². The molecular formula is C12H30O8. The van der Waals surface area contributed by atoms with Gasteiger partial charge in [0.2, 0.25) is 0 Å². The zero-order valence-corrected chi connectivity index (χ0v) is 12.3. The Hall–Kier alpha value is -0.320. The molecule has 0 fully saturated rings. The van der Waals surface area contributed by atoms with Gasteiger partial charge in [-0.2, -0.15) is 0 Å². The van der Waals surface area contributed by atoms with Crippen LogP contribution in [0.25, 0.3) is 0 Å². The van der Waals surface area contributed by atoms with Crippen LogP contribution in [0.15, 0.2) is 0 Å². The molecule has 0 aromatic heterocycles. The van der Waals surface area contributed by atoms with Gasteiger partial charge in [0.25, 0.3) is 0 Å². The molecule has 0 aromatic rings. The first-order chi connectivity index (χ1) is 9.46. The molecule has 0 radical (unpaired) electrons. The average Bonchev–Trinajstić information content (AvgIpc) is 2.51. The summed E-state index contributed by atoms with van der Waals surface area (Å²) in [6, 6.07) is 0. The van der Waals surface area contributed by atoms with E-state index in [2.05, 4.69) is 0 Å². The lowest BCUT2D eigenvalue weighted by Gasteiger charge is -2.23. The molecule has 0 rings (SSSR count). The van der Waals surface area contributed by atoms with Crippen LogP contribution in [-0.4, -0.2) is 94.7 Å². The SMILES string of the molecule is CCOCC.OCC(CO)(CO)CO.OCC(O)CO. The van der Waals surface area contributed by atoms with Crippen molar-refractivity contribution in [3.63, 3.8) is 0 Å². The van der Waals surface area contributed by atoms with Crippen molar-refractivity contribution in [2.24, 2.45) is 5.41 Å². The number of aliphatic hydroxyl groups excluding tert-OH is 7. The number of hydrogen-bond acceptors (Lipinski definition) is 8. The summed E-state index contributed by atoms with van der Waals surface area (Å²) in [6.45, 7) is 3.31. The first-order valence-electron chi connectivity index (χ1n) is 6.38. The lowest BCUT2D eigenvalue weighted by Crippen LogP contribution is -2.37. The standard InChI is InChI=1S/C5H12O4.C4H10O.C3H8O3/c6-1-5(2-7,3-8)4-9;1-3-5-4-2;4-1-3(6)2-5/h6-9H,1-4H2;3-4H2,1-2H3;3-6H,1-2H2. The Morgan fingerprint density at radius 1 is 0.750 bits per heavy atom. The predicted octanol–water partition coefficient (Wildman–Crippen LogP) is -2.68. The van der Waals surface area contributed by atoms with E-state index in [0.717, 1.165) is 13.2 Å². The second-order valence-electron chi connectivity index (χ2n) is 3.93. The van der Waals surface area contributed by atoms with Crippen LogP contribution in [0.3, 0.4) is 0 Å². The summed E-state index contributed by atoms with van der Waals surface area (Å²) >= 11 is 0. The zero-order valence-electron chi connectivity index (χ0n) is 12.3. The molecule has 0 spiro atoms. The molecule has 0 saturated carbocycles. The first kappa shape index (κ1) is 24.7. The molecule has 0 aromatic carbocycles. The van der Waals surface area contributed by atoms with E-state index < -0.39 is 37.9 Å². The Kier molecular flexibility index (Phi) is 23.1. The molecule has 126 valence electrons. The highest BCUT2D eigenvalue weighted by molar-refractivity contribution is 4.74. The van der Waals surface area contributed by atoms with Gasteiger partial charge in [-0.25, -0.2) is 0 Å². The molecule has 20 heavy (non-hydrogen) atoms. The fraction of sp³-hybridized carbons (Fsp3) is 1.00. The third-order valence-electron chi connectivity index (χ3n) is 2.17. The molecule has 0 amide bonds. The van der Waals surface area contributed by atoms with Crippen LogP contribution in [0.2, 0.25) is 0 Å². The van der Waals surface area contributed by atoms with Crippen molar-refractivity contribution in [2.75, 3.05) is 52.9 Å². The molecule has 0 heterocycles. The largest absolute Gasteiger partial charge is 0.396 e. The van der Waals surface area contributed by atoms with Crippen LogP contribution in [0.5, 0.6) is 0 Å². The topological polar surface area (TPSA) is 151 Å². The smallest absolute Gasteiger partial charge is 0.100 e. The number of hydrogen-bond donors (Lipinski definition) is 7. The Bertz CT molecular complexity index is 140. The van der Waals surface area contributed by atoms with Crippen LogP contribution in [0.1, 0.15) is 13.8 Å². The second kappa shape index (κ2) is 18.7. The second-order valence-corrected chi connectivity index (χ2v) is 3.93. The van der Waals surface area contributed by atoms with Crippen molar-refractivity contribution in [1.82, 2.24) is 0 Å². The molecule has 0 atom stereocenters. The van der Waals surface area contributed by atoms with Gasteiger partial charge in [0.15, 0.2) is 0 Å². The van der Waals surface area contributed by atoms with Crippen LogP contribution in [-0.2, 0) is 4.74 Å². The molecule has 0 unspecified atom stereocenters. The Morgan fingerprint density at radius 2 is 1.05 bits per heavy atom. The predicted molar refractivity (Wildman–Crippen MR) is 73.1 cm³/mol. The van der Waals surface area contributed by atoms with Crippen molar-refractivity contribution in [2.45, 2.75) is 20.0 Å². The lowest BCUT2D eigenvalue weighted by molar-refractivity contribution is -0.0328. The Morgan fingerprint density at radius 3 is 1.05 bits per heavy atom. The van der Waals surface area contributed by atoms with Crippen LogP contribution in [0.4, 0.5) is 0 Å². The van der Waals surface area contributed by atoms with Gasteiger partial charge in [0.05, 0.1) is 45.1 Å². The van der Waals surface area contributed by atoms with E-state index >= 15 is 0 Å². The van der Waals surface area contributed by atoms with Gasteiger partial charge in [-0.1, -0.05) is 0 Å². The average molecular weight is 302 g/mol. The molecule has 0 saturated heterocycles. The van der Waals surface area contributed by atoms with E-state index in [1.54, 1.807) is 0 Å². The highest BCUT2D eigenvalue weighted by Crippen LogP contribution is 2.11. The Labute approximate surface area is 119 Å². The monoisotopic (exact) mass is 302 g/mol. The van der Waals surface area contributed by atoms with Gasteiger partial charge in [-0.3, -0.25) is 0 Å². The molecule has 8 nitrogen and oxygen atoms in total. The third-order valence-corrected chi connectivity index (χ3v) is 2.17. The van der Waals surface area contributed by atoms with Gasteiger partial charge in [0, 0.05) is 13.2 Å². The maximum atomic E-state index is 8.50. The van der Waals surface area contributed by atoms with E-state index in [1.807, 2.05) is 13.8 Å². The van der Waals surface area contributed by atoms with Gasteiger partial charge < -0.3 is 40.5 Å². The highest BCUT2D eigenvalue weighted by atomic mass is 16.5. The van der Waals surface area contributed by atoms with Crippen molar-refractivity contribution < 1.29 is 40.5 Å². The van der Waals surface area contributed by atoms with Crippen LogP contribution < -0.4 is 0 Å². The van der Waals surface area contributed by atoms with Crippen molar-refractivity contribution >= 4 is 0 Å². The minimum atomic E-state index is -1.11. The first-order valence-corrected chi connectivity index (χ1v) is 6.38. The minimum absolute atomic E-state index is 0.365. The summed E-state index contributed by atoms with van der Waals surface area (Å²) < 4.78 is 4.83. The summed E-state index contributed by atoms with van der Waals surface area (Å²) in [5, 5.41) is 58.0. The van der Waals surface area contributed by atoms with Crippen LogP contribution in [0, 0.1) is 5.41 Å². The normalized spacial score (nSPS) is 10.5. The molecule has 7 N–H and O–H groups in total. The summed E-state index contributed by atoms with van der Waals surface area (Å²) in [5.74, 6) is 0. The van der Waals surface area contributed by atoms with E-state index in [0.29, 0.717) is 0 Å². The molecule has 0 aliphatic carbocycles. The van der Waals surface area contributed by atoms with E-state index in [9.17, 15) is 0 Å². The van der Waals surface area contributed by atoms with Crippen molar-refractivity contribution in [3.8, 4) is 0 Å². The van der Waals surface area contributed by atoms with E-state index in [-0.39, 0.29) is 13.2 Å². The Balaban J connectivity index is -0.000000230. The summed E-state index contributed by atoms with van der Waals surface area (Å²) in [6.07, 6.45) is -0.954. The maximum absolute atomic E-state index is 8.50. The van der Waals surface area contributed by atoms with Crippen LogP contribution >= 0.6 is 0 Å². The molecule has 0 bridgehead atoms. The fourth-order valence-electron chi connectivity index (χ4n) is 0.562. The number of aliphatic hydroxyl groups is 7. The minimum Gasteiger partial charge on any atom is -0.396 e. The fourth-order valence-corrected chi connectivity index (χ4v) is 0.562. The lowest BCUT2D eigenvalue weighted by atomic mass is 9.93. The summed E-state index contributed by atoms with van der Waals surface area (Å²) in [5.41, 5.74) is -1.11. The quantitative estimate of drug-likeness (QED) is 0.256. The molecule has 8 heteroatoms. The van der Waals surface area contributed by atoms with Crippen molar-refractivity contribution in [3.05, 3.63) is 0 Å². The number of rotatable bonds is 8. The third kappa shape index (κ3) is 15.7. The van der Waals surface area contributed by atoms with Gasteiger partial charge >= 0.3 is 0 Å². The molecular weight excluding hydrogens is 272 g/mol. The molecule has 0 aliphatic heterocycles. The van der Waals surface area contributed by atoms with Gasteiger partial charge in [0.1, 0.15) is 6.10 Å². The van der Waals surface area contributed by atoms with Gasteiger partial charge in [-0.05, 0) is 13.8 Å². The van der Waals surface area contributed by atoms with Gasteiger partial charge in [-0.15, -0.1) is 0 Å². The highest BCUT2D eigenvalue weighted by Gasteiger charge is 2.26. The summed E-state index contributed by atoms with van der Waals surface area (Å²) in [4.78, 5) is 0. The van der Waals surface area contributed by atoms with E-state index in [4.69, 9.17) is 40.5 Å². The number of ether oxygens (including phenoxy) is 1. The van der Waals surface area contributed by atoms with Crippen molar-refractivity contribution in [1.29, 1.82) is 0 Å². The zero-order chi connectivity index (χ0) is 16.4. The summed E-state index contributed by atoms with van der Waals surface area (Å²) in [7, 11) is 0. The molecule has 0 aliphatic rings. The maximum Gasteiger partial charge on any atom is 0.100 e.